The summed E-state index contributed by atoms with van der Waals surface area (Å²) in [7, 11) is 0. The molecular formula is C50H34N4O. The third-order valence-electron chi connectivity index (χ3n) is 10.3. The monoisotopic (exact) mass is 707 g/mol. The zero-order valence-electron chi connectivity index (χ0n) is 30.7. The summed E-state index contributed by atoms with van der Waals surface area (Å²) in [4.78, 5) is 30.6. The molecule has 1 aliphatic carbocycles. The van der Waals surface area contributed by atoms with Crippen molar-refractivity contribution in [3.8, 4) is 0 Å². The number of rotatable bonds is 4. The molecule has 0 fully saturated rings. The fourth-order valence-corrected chi connectivity index (χ4v) is 7.77. The maximum absolute atomic E-state index is 13.8. The Morgan fingerprint density at radius 2 is 0.836 bits per heavy atom. The second-order valence-electron chi connectivity index (χ2n) is 13.6. The van der Waals surface area contributed by atoms with Crippen LogP contribution in [0.2, 0.25) is 0 Å². The number of aliphatic imine (C=N–C) groups is 1. The van der Waals surface area contributed by atoms with Crippen LogP contribution in [0, 0.1) is 0 Å². The number of hydrogen-bond acceptors (Lipinski definition) is 2. The van der Waals surface area contributed by atoms with Crippen LogP contribution in [0.3, 0.4) is 0 Å². The van der Waals surface area contributed by atoms with Crippen molar-refractivity contribution >= 4 is 33.8 Å². The molecule has 55 heavy (non-hydrogen) atoms. The number of fused-ring (bicyclic) bond motifs is 7. The summed E-state index contributed by atoms with van der Waals surface area (Å²) in [5.41, 5.74) is 11.3. The second-order valence-corrected chi connectivity index (χ2v) is 13.6. The predicted molar refractivity (Wildman–Crippen MR) is 221 cm³/mol. The Morgan fingerprint density at radius 3 is 1.33 bits per heavy atom. The first-order valence-corrected chi connectivity index (χ1v) is 18.4. The fourth-order valence-electron chi connectivity index (χ4n) is 7.77. The van der Waals surface area contributed by atoms with Gasteiger partial charge in [0.2, 0.25) is 0 Å². The number of ketones is 1. The van der Waals surface area contributed by atoms with E-state index in [1.165, 1.54) is 0 Å². The van der Waals surface area contributed by atoms with Crippen molar-refractivity contribution in [1.29, 1.82) is 0 Å². The van der Waals surface area contributed by atoms with Gasteiger partial charge >= 0.3 is 0 Å². The van der Waals surface area contributed by atoms with Crippen molar-refractivity contribution in [2.45, 2.75) is 0 Å². The summed E-state index contributed by atoms with van der Waals surface area (Å²) in [6.07, 6.45) is 6.95. The fraction of sp³-hybridized carbons (Fsp3) is 0. The number of benzene rings is 4. The molecule has 10 rings (SSSR count). The maximum Gasteiger partial charge on any atom is 0.186 e. The third-order valence-corrected chi connectivity index (χ3v) is 10.3. The summed E-state index contributed by atoms with van der Waals surface area (Å²) in [5.74, 6) is -0.167. The van der Waals surface area contributed by atoms with E-state index in [2.05, 4.69) is 112 Å². The summed E-state index contributed by atoms with van der Waals surface area (Å²) in [6, 6.07) is 53.7. The number of hydrogen-bond donors (Lipinski definition) is 3. The molecule has 3 aliphatic rings. The molecule has 5 heteroatoms. The zero-order chi connectivity index (χ0) is 37.6. The third kappa shape index (κ3) is 5.75. The van der Waals surface area contributed by atoms with E-state index < -0.39 is 0 Å². The van der Waals surface area contributed by atoms with Crippen LogP contribution >= 0.6 is 0 Å². The average Bonchev–Trinajstić information content (AvgIpc) is 4.07. The lowest BCUT2D eigenvalue weighted by Gasteiger charge is -2.13. The Hall–Kier alpha value is -7.50. The lowest BCUT2D eigenvalue weighted by Crippen LogP contribution is -2.21. The van der Waals surface area contributed by atoms with E-state index in [1.54, 1.807) is 18.2 Å². The Morgan fingerprint density at radius 1 is 0.418 bits per heavy atom. The van der Waals surface area contributed by atoms with Gasteiger partial charge in [0.15, 0.2) is 5.78 Å². The molecule has 0 unspecified atom stereocenters. The van der Waals surface area contributed by atoms with Crippen molar-refractivity contribution in [2.24, 2.45) is 4.99 Å². The average molecular weight is 708 g/mol. The number of aromatic nitrogens is 3. The number of carbonyl (C=O) groups is 1. The Balaban J connectivity index is 1.42. The molecule has 5 nitrogen and oxygen atoms in total. The van der Waals surface area contributed by atoms with Crippen molar-refractivity contribution in [2.75, 3.05) is 0 Å². The van der Waals surface area contributed by atoms with Crippen LogP contribution in [-0.4, -0.2) is 26.4 Å². The number of carbonyl (C=O) groups excluding carboxylic acids is 1. The van der Waals surface area contributed by atoms with Crippen LogP contribution in [-0.2, 0) is 4.79 Å². The van der Waals surface area contributed by atoms with E-state index in [0.29, 0.717) is 22.6 Å². The van der Waals surface area contributed by atoms with E-state index in [9.17, 15) is 6.17 Å². The molecule has 3 aromatic heterocycles. The van der Waals surface area contributed by atoms with Gasteiger partial charge in [0.1, 0.15) is 0 Å². The van der Waals surface area contributed by atoms with Crippen LogP contribution in [0.1, 0.15) is 35.0 Å². The van der Waals surface area contributed by atoms with E-state index in [4.69, 9.17) is 4.99 Å². The number of nitrogens with zero attached hydrogens (tertiary/aromatic N) is 1. The minimum absolute atomic E-state index is 0.167. The van der Waals surface area contributed by atoms with Crippen molar-refractivity contribution < 1.29 is 6.17 Å². The molecular weight excluding hydrogens is 673 g/mol. The number of allylic oxidation sites excluding steroid dienone is 8. The van der Waals surface area contributed by atoms with Crippen LogP contribution in [0.4, 0.5) is 0 Å². The zero-order valence-corrected chi connectivity index (χ0v) is 29.7. The van der Waals surface area contributed by atoms with E-state index in [0.717, 1.165) is 77.3 Å². The molecule has 0 amide bonds. The quantitative estimate of drug-likeness (QED) is 0.171. The van der Waals surface area contributed by atoms with Gasteiger partial charge in [-0.3, -0.25) is 4.79 Å². The highest BCUT2D eigenvalue weighted by Crippen LogP contribution is 2.35. The molecule has 0 spiro atoms. The first-order chi connectivity index (χ1) is 27.6. The molecule has 4 aromatic carbocycles. The molecule has 3 N–H and O–H groups in total. The first kappa shape index (κ1) is 31.1. The van der Waals surface area contributed by atoms with Gasteiger partial charge in [-0.15, -0.1) is 0 Å². The molecule has 0 saturated carbocycles. The second kappa shape index (κ2) is 13.5. The summed E-state index contributed by atoms with van der Waals surface area (Å²) >= 11 is 0. The Kier molecular flexibility index (Phi) is 7.61. The highest BCUT2D eigenvalue weighted by molar-refractivity contribution is 6.36. The van der Waals surface area contributed by atoms with Crippen LogP contribution in [0.5, 0.6) is 0 Å². The molecule has 2 aliphatic heterocycles. The van der Waals surface area contributed by atoms with E-state index in [1.807, 2.05) is 66.7 Å². The largest absolute Gasteiger partial charge is 0.354 e. The molecule has 0 radical (unpaired) electrons. The lowest BCUT2D eigenvalue weighted by molar-refractivity contribution is -0.111. The van der Waals surface area contributed by atoms with Gasteiger partial charge in [-0.2, -0.15) is 0 Å². The molecule has 260 valence electrons. The van der Waals surface area contributed by atoms with Crippen LogP contribution < -0.4 is 21.4 Å². The van der Waals surface area contributed by atoms with Gasteiger partial charge in [-0.25, -0.2) is 4.99 Å². The van der Waals surface area contributed by atoms with Gasteiger partial charge < -0.3 is 15.0 Å². The Labute approximate surface area is 318 Å². The smallest absolute Gasteiger partial charge is 0.186 e. The van der Waals surface area contributed by atoms with Gasteiger partial charge in [-0.05, 0) is 70.8 Å². The lowest BCUT2D eigenvalue weighted by atomic mass is 9.90. The molecule has 0 saturated heterocycles. The summed E-state index contributed by atoms with van der Waals surface area (Å²) in [6.45, 7) is 0. The van der Waals surface area contributed by atoms with E-state index >= 15 is 0 Å². The standard InChI is InChI=1S/C50H34N4O/c55-45-24-14-13-23-36(45)37-31-44-48(34-19-9-3-10-20-34)42-28-27-40(52-42)46(32-15-5-1-6-16-32)38-25-26-39(51-38)47(33-17-7-2-8-18-33)41-29-30-43(53-41)49(50(37)54-44)35-21-11-4-12-22-35/h1-31,51-53H/b37-36+,46-40-,47-41-,48-42-,49-43-/i31D. The van der Waals surface area contributed by atoms with Crippen LogP contribution in [0.25, 0.3) is 22.3 Å². The maximum atomic E-state index is 13.8. The highest BCUT2D eigenvalue weighted by atomic mass is 16.1. The molecule has 5 heterocycles. The van der Waals surface area contributed by atoms with Crippen LogP contribution in [0.15, 0.2) is 210 Å². The normalized spacial score (nSPS) is 20.8. The number of nitrogens with one attached hydrogen (secondary N) is 3. The van der Waals surface area contributed by atoms with Gasteiger partial charge in [0, 0.05) is 66.2 Å². The molecule has 8 bridgehead atoms. The first-order valence-electron chi connectivity index (χ1n) is 18.9. The molecule has 7 aromatic rings. The summed E-state index contributed by atoms with van der Waals surface area (Å²) in [5, 5.41) is 3.43. The Bertz CT molecular complexity index is 3120. The minimum atomic E-state index is -0.167. The number of H-pyrrole nitrogens is 3. The van der Waals surface area contributed by atoms with Crippen molar-refractivity contribution in [1.82, 2.24) is 15.0 Å². The van der Waals surface area contributed by atoms with E-state index in [-0.39, 0.29) is 11.8 Å². The highest BCUT2D eigenvalue weighted by Gasteiger charge is 2.28. The number of aromatic amines is 3. The minimum Gasteiger partial charge on any atom is -0.354 e. The van der Waals surface area contributed by atoms with Crippen molar-refractivity contribution in [3.05, 3.63) is 260 Å². The SMILES string of the molecule is [2H]C1=C2N=C(/C(c3ccccc3)=c3/cc/c([nH]3)=C(\c3ccccc3)c3ccc([nH]3)/C(c3ccccc3)=c3/cc/c([nH]3)=C2\c2ccccc2)/C1=C1\C=CC=CC1=O. The topological polar surface area (TPSA) is 76.8 Å². The predicted octanol–water partition coefficient (Wildman–Crippen LogP) is 6.91. The van der Waals surface area contributed by atoms with Gasteiger partial charge in [-0.1, -0.05) is 140 Å². The summed E-state index contributed by atoms with van der Waals surface area (Å²) < 4.78 is 9.98. The molecule has 0 atom stereocenters. The van der Waals surface area contributed by atoms with Crippen molar-refractivity contribution in [3.63, 3.8) is 0 Å². The van der Waals surface area contributed by atoms with Gasteiger partial charge in [0.25, 0.3) is 0 Å². The van der Waals surface area contributed by atoms with Gasteiger partial charge in [0.05, 0.1) is 12.8 Å².